The first-order valence-corrected chi connectivity index (χ1v) is 11.2. The molecule has 0 saturated carbocycles. The van der Waals surface area contributed by atoms with Gasteiger partial charge in [0.05, 0.1) is 26.2 Å². The van der Waals surface area contributed by atoms with Crippen LogP contribution in [0.5, 0.6) is 0 Å². The number of carbonyl (C=O) groups excluding carboxylic acids is 2. The van der Waals surface area contributed by atoms with Crippen molar-refractivity contribution in [3.8, 4) is 0 Å². The Labute approximate surface area is 189 Å². The fourth-order valence-corrected chi connectivity index (χ4v) is 4.60. The van der Waals surface area contributed by atoms with Crippen LogP contribution in [-0.2, 0) is 19.6 Å². The maximum absolute atomic E-state index is 12.6. The number of hydrogen-bond acceptors (Lipinski definition) is 5. The van der Waals surface area contributed by atoms with Gasteiger partial charge in [0.2, 0.25) is 10.0 Å². The summed E-state index contributed by atoms with van der Waals surface area (Å²) in [6.07, 6.45) is 0. The molecule has 0 atom stereocenters. The van der Waals surface area contributed by atoms with Crippen LogP contribution < -0.4 is 5.32 Å². The predicted octanol–water partition coefficient (Wildman–Crippen LogP) is 4.47. The molecule has 30 heavy (non-hydrogen) atoms. The number of anilines is 1. The van der Waals surface area contributed by atoms with Crippen molar-refractivity contribution in [1.82, 2.24) is 4.31 Å². The fraction of sp³-hybridized carbons (Fsp3) is 0.263. The average Bonchev–Trinajstić information content (AvgIpc) is 2.68. The number of ether oxygens (including phenoxy) is 1. The third-order valence-electron chi connectivity index (χ3n) is 4.08. The second kappa shape index (κ2) is 9.98. The van der Waals surface area contributed by atoms with Crippen molar-refractivity contribution in [1.29, 1.82) is 0 Å². The molecule has 2 rings (SSSR count). The maximum Gasteiger partial charge on any atom is 0.338 e. The van der Waals surface area contributed by atoms with Crippen LogP contribution in [0.4, 0.5) is 5.69 Å². The van der Waals surface area contributed by atoms with E-state index in [-0.39, 0.29) is 32.2 Å². The Morgan fingerprint density at radius 3 is 2.27 bits per heavy atom. The quantitative estimate of drug-likeness (QED) is 0.574. The SMILES string of the molecule is CC(C)N(C)S(=O)(=O)c1cccc(C(=O)OCC(=O)Nc2c(Cl)cc(Cl)cc2Cl)c1. The third-order valence-corrected chi connectivity index (χ3v) is 6.92. The standard InChI is InChI=1S/C19H19Cl3N2O5S/c1-11(2)24(3)30(27,28)14-6-4-5-12(7-14)19(26)29-10-17(25)23-18-15(21)8-13(20)9-16(18)22/h4-9,11H,10H2,1-3H3,(H,23,25). The number of rotatable bonds is 7. The summed E-state index contributed by atoms with van der Waals surface area (Å²) < 4.78 is 31.3. The zero-order chi connectivity index (χ0) is 22.6. The molecule has 0 heterocycles. The molecule has 7 nitrogen and oxygen atoms in total. The van der Waals surface area contributed by atoms with Gasteiger partial charge in [-0.3, -0.25) is 4.79 Å². The first kappa shape index (κ1) is 24.4. The van der Waals surface area contributed by atoms with E-state index in [9.17, 15) is 18.0 Å². The molecular weight excluding hydrogens is 475 g/mol. The summed E-state index contributed by atoms with van der Waals surface area (Å²) >= 11 is 17.8. The van der Waals surface area contributed by atoms with E-state index in [1.807, 2.05) is 0 Å². The van der Waals surface area contributed by atoms with E-state index in [4.69, 9.17) is 39.5 Å². The molecule has 0 fully saturated rings. The van der Waals surface area contributed by atoms with Gasteiger partial charge in [-0.2, -0.15) is 4.31 Å². The Hall–Kier alpha value is -1.84. The van der Waals surface area contributed by atoms with Gasteiger partial charge in [0, 0.05) is 18.1 Å². The first-order valence-electron chi connectivity index (χ1n) is 8.63. The Kier molecular flexibility index (Phi) is 8.13. The second-order valence-electron chi connectivity index (χ2n) is 6.51. The molecule has 1 N–H and O–H groups in total. The van der Waals surface area contributed by atoms with E-state index in [1.54, 1.807) is 13.8 Å². The van der Waals surface area contributed by atoms with Crippen molar-refractivity contribution >= 4 is 62.4 Å². The van der Waals surface area contributed by atoms with E-state index in [1.165, 1.54) is 47.8 Å². The number of nitrogens with one attached hydrogen (secondary N) is 1. The number of carbonyl (C=O) groups is 2. The number of nitrogens with zero attached hydrogens (tertiary/aromatic N) is 1. The Morgan fingerprint density at radius 1 is 1.10 bits per heavy atom. The highest BCUT2D eigenvalue weighted by Crippen LogP contribution is 2.33. The van der Waals surface area contributed by atoms with E-state index in [0.717, 1.165) is 0 Å². The molecule has 0 bridgehead atoms. The number of hydrogen-bond donors (Lipinski definition) is 1. The van der Waals surface area contributed by atoms with Crippen molar-refractivity contribution in [3.05, 3.63) is 57.0 Å². The lowest BCUT2D eigenvalue weighted by molar-refractivity contribution is -0.119. The molecule has 0 aliphatic rings. The first-order chi connectivity index (χ1) is 13.9. The van der Waals surface area contributed by atoms with E-state index in [2.05, 4.69) is 5.32 Å². The summed E-state index contributed by atoms with van der Waals surface area (Å²) in [5, 5.41) is 2.98. The molecule has 1 amide bonds. The zero-order valence-corrected chi connectivity index (χ0v) is 19.4. The van der Waals surface area contributed by atoms with Gasteiger partial charge in [0.15, 0.2) is 6.61 Å². The Morgan fingerprint density at radius 2 is 1.70 bits per heavy atom. The summed E-state index contributed by atoms with van der Waals surface area (Å²) in [6.45, 7) is 2.83. The van der Waals surface area contributed by atoms with Gasteiger partial charge in [-0.1, -0.05) is 40.9 Å². The number of halogens is 3. The van der Waals surface area contributed by atoms with Crippen LogP contribution in [0.2, 0.25) is 15.1 Å². The average molecular weight is 494 g/mol. The molecular formula is C19H19Cl3N2O5S. The molecule has 0 aliphatic heterocycles. The maximum atomic E-state index is 12.6. The molecule has 2 aromatic carbocycles. The lowest BCUT2D eigenvalue weighted by atomic mass is 10.2. The van der Waals surface area contributed by atoms with Crippen molar-refractivity contribution < 1.29 is 22.7 Å². The summed E-state index contributed by atoms with van der Waals surface area (Å²) in [5.74, 6) is -1.54. The van der Waals surface area contributed by atoms with E-state index >= 15 is 0 Å². The van der Waals surface area contributed by atoms with Gasteiger partial charge in [-0.15, -0.1) is 0 Å². The summed E-state index contributed by atoms with van der Waals surface area (Å²) in [4.78, 5) is 24.3. The molecule has 0 aliphatic carbocycles. The Balaban J connectivity index is 2.08. The van der Waals surface area contributed by atoms with Crippen LogP contribution in [0.25, 0.3) is 0 Å². The molecule has 0 saturated heterocycles. The van der Waals surface area contributed by atoms with Gasteiger partial charge in [-0.05, 0) is 44.2 Å². The van der Waals surface area contributed by atoms with Gasteiger partial charge in [0.1, 0.15) is 0 Å². The van der Waals surface area contributed by atoms with Crippen molar-refractivity contribution in [2.45, 2.75) is 24.8 Å². The predicted molar refractivity (Wildman–Crippen MR) is 117 cm³/mol. The highest BCUT2D eigenvalue weighted by Gasteiger charge is 2.24. The van der Waals surface area contributed by atoms with Crippen molar-refractivity contribution in [2.24, 2.45) is 0 Å². The minimum Gasteiger partial charge on any atom is -0.452 e. The molecule has 0 radical (unpaired) electrons. The van der Waals surface area contributed by atoms with Crippen LogP contribution in [-0.4, -0.2) is 44.3 Å². The normalized spacial score (nSPS) is 11.6. The smallest absolute Gasteiger partial charge is 0.338 e. The minimum atomic E-state index is -3.77. The highest BCUT2D eigenvalue weighted by molar-refractivity contribution is 7.89. The van der Waals surface area contributed by atoms with Crippen LogP contribution >= 0.6 is 34.8 Å². The fourth-order valence-electron chi connectivity index (χ4n) is 2.28. The topological polar surface area (TPSA) is 92.8 Å². The van der Waals surface area contributed by atoms with Crippen molar-refractivity contribution in [3.63, 3.8) is 0 Å². The van der Waals surface area contributed by atoms with Crippen molar-refractivity contribution in [2.75, 3.05) is 19.0 Å². The van der Waals surface area contributed by atoms with Crippen LogP contribution in [0, 0.1) is 0 Å². The molecule has 0 spiro atoms. The summed E-state index contributed by atoms with van der Waals surface area (Å²) in [6, 6.07) is 7.92. The van der Waals surface area contributed by atoms with E-state index < -0.39 is 28.5 Å². The van der Waals surface area contributed by atoms with E-state index in [0.29, 0.717) is 5.02 Å². The molecule has 0 aromatic heterocycles. The third kappa shape index (κ3) is 5.86. The molecule has 2 aromatic rings. The molecule has 0 unspecified atom stereocenters. The lowest BCUT2D eigenvalue weighted by Gasteiger charge is -2.21. The Bertz CT molecular complexity index is 1050. The number of benzene rings is 2. The van der Waals surface area contributed by atoms with Crippen LogP contribution in [0.15, 0.2) is 41.3 Å². The second-order valence-corrected chi connectivity index (χ2v) is 9.76. The zero-order valence-electron chi connectivity index (χ0n) is 16.3. The van der Waals surface area contributed by atoms with Crippen LogP contribution in [0.1, 0.15) is 24.2 Å². The largest absolute Gasteiger partial charge is 0.452 e. The minimum absolute atomic E-state index is 0.0106. The summed E-state index contributed by atoms with van der Waals surface area (Å²) in [5.41, 5.74) is 0.122. The van der Waals surface area contributed by atoms with Gasteiger partial charge in [-0.25, -0.2) is 13.2 Å². The molecule has 11 heteroatoms. The molecule has 162 valence electrons. The van der Waals surface area contributed by atoms with Gasteiger partial charge >= 0.3 is 5.97 Å². The highest BCUT2D eigenvalue weighted by atomic mass is 35.5. The summed E-state index contributed by atoms with van der Waals surface area (Å²) in [7, 11) is -2.33. The lowest BCUT2D eigenvalue weighted by Crippen LogP contribution is -2.33. The number of esters is 1. The van der Waals surface area contributed by atoms with Gasteiger partial charge in [0.25, 0.3) is 5.91 Å². The number of amides is 1. The monoisotopic (exact) mass is 492 g/mol. The van der Waals surface area contributed by atoms with Crippen LogP contribution in [0.3, 0.4) is 0 Å². The number of sulfonamides is 1. The van der Waals surface area contributed by atoms with Gasteiger partial charge < -0.3 is 10.1 Å².